The summed E-state index contributed by atoms with van der Waals surface area (Å²) in [6.45, 7) is 0.146. The smallest absolute Gasteiger partial charge is 0.292 e. The van der Waals surface area contributed by atoms with Crippen LogP contribution < -0.4 is 9.47 Å². The highest BCUT2D eigenvalue weighted by molar-refractivity contribution is 6.47. The third-order valence-corrected chi connectivity index (χ3v) is 1.88. The van der Waals surface area contributed by atoms with Crippen LogP contribution in [0.25, 0.3) is 0 Å². The van der Waals surface area contributed by atoms with Crippen molar-refractivity contribution in [2.24, 2.45) is 0 Å². The van der Waals surface area contributed by atoms with Crippen molar-refractivity contribution in [3.63, 3.8) is 0 Å². The van der Waals surface area contributed by atoms with Crippen molar-refractivity contribution in [1.29, 1.82) is 0 Å². The second-order valence-corrected chi connectivity index (χ2v) is 3.89. The SMILES string of the molecule is ClC1(Cl)COc2ccccc2O1. The van der Waals surface area contributed by atoms with Crippen LogP contribution in [0.2, 0.25) is 0 Å². The van der Waals surface area contributed by atoms with Gasteiger partial charge in [-0.15, -0.1) is 0 Å². The molecule has 0 radical (unpaired) electrons. The lowest BCUT2D eigenvalue weighted by Crippen LogP contribution is -2.33. The van der Waals surface area contributed by atoms with Crippen LogP contribution in [0.5, 0.6) is 11.5 Å². The molecule has 1 aliphatic rings. The molecular weight excluding hydrogens is 199 g/mol. The van der Waals surface area contributed by atoms with E-state index < -0.39 is 4.52 Å². The van der Waals surface area contributed by atoms with Crippen LogP contribution in [0.3, 0.4) is 0 Å². The van der Waals surface area contributed by atoms with Crippen molar-refractivity contribution < 1.29 is 9.47 Å². The van der Waals surface area contributed by atoms with E-state index in [1.807, 2.05) is 12.1 Å². The summed E-state index contributed by atoms with van der Waals surface area (Å²) in [6, 6.07) is 7.25. The number of rotatable bonds is 0. The largest absolute Gasteiger partial charge is 0.483 e. The Bertz CT molecular complexity index is 299. The lowest BCUT2D eigenvalue weighted by atomic mass is 10.3. The number of ether oxygens (including phenoxy) is 2. The van der Waals surface area contributed by atoms with Gasteiger partial charge in [0.05, 0.1) is 0 Å². The molecule has 0 amide bonds. The molecule has 4 heteroatoms. The van der Waals surface area contributed by atoms with Crippen LogP contribution in [0.15, 0.2) is 24.3 Å². The maximum Gasteiger partial charge on any atom is 0.292 e. The molecule has 0 N–H and O–H groups in total. The minimum absolute atomic E-state index is 0.146. The molecule has 0 aromatic heterocycles. The number of benzene rings is 1. The van der Waals surface area contributed by atoms with Crippen LogP contribution in [0.4, 0.5) is 0 Å². The van der Waals surface area contributed by atoms with Gasteiger partial charge in [0, 0.05) is 0 Å². The summed E-state index contributed by atoms with van der Waals surface area (Å²) >= 11 is 11.4. The predicted octanol–water partition coefficient (Wildman–Crippen LogP) is 2.59. The number of halogens is 2. The number of para-hydroxylation sites is 2. The van der Waals surface area contributed by atoms with Crippen molar-refractivity contribution in [3.05, 3.63) is 24.3 Å². The minimum atomic E-state index is -1.26. The lowest BCUT2D eigenvalue weighted by molar-refractivity contribution is 0.116. The molecule has 64 valence electrons. The Kier molecular flexibility index (Phi) is 1.81. The molecule has 0 aliphatic carbocycles. The molecule has 0 fully saturated rings. The average Bonchev–Trinajstić information content (AvgIpc) is 2.02. The Morgan fingerprint density at radius 2 is 1.83 bits per heavy atom. The molecule has 0 saturated carbocycles. The Morgan fingerprint density at radius 1 is 1.17 bits per heavy atom. The van der Waals surface area contributed by atoms with Crippen molar-refractivity contribution in [2.75, 3.05) is 6.61 Å². The first kappa shape index (κ1) is 8.02. The van der Waals surface area contributed by atoms with Crippen LogP contribution in [0, 0.1) is 0 Å². The molecule has 0 atom stereocenters. The van der Waals surface area contributed by atoms with E-state index >= 15 is 0 Å². The summed E-state index contributed by atoms with van der Waals surface area (Å²) in [6.07, 6.45) is 0. The lowest BCUT2D eigenvalue weighted by Gasteiger charge is -2.27. The normalized spacial score (nSPS) is 18.8. The van der Waals surface area contributed by atoms with Gasteiger partial charge in [-0.2, -0.15) is 0 Å². The molecule has 0 bridgehead atoms. The highest BCUT2D eigenvalue weighted by atomic mass is 35.5. The summed E-state index contributed by atoms with van der Waals surface area (Å²) in [5.74, 6) is 1.25. The van der Waals surface area contributed by atoms with Gasteiger partial charge >= 0.3 is 0 Å². The Balaban J connectivity index is 2.35. The first-order valence-corrected chi connectivity index (χ1v) is 4.22. The number of hydrogen-bond donors (Lipinski definition) is 0. The Labute approximate surface area is 80.0 Å². The zero-order valence-electron chi connectivity index (χ0n) is 6.09. The molecule has 1 aromatic carbocycles. The molecule has 12 heavy (non-hydrogen) atoms. The quantitative estimate of drug-likeness (QED) is 0.606. The standard InChI is InChI=1S/C8H6Cl2O2/c9-8(10)5-11-6-3-1-2-4-7(6)12-8/h1-4H,5H2. The van der Waals surface area contributed by atoms with Crippen LogP contribution in [-0.2, 0) is 0 Å². The van der Waals surface area contributed by atoms with Gasteiger partial charge in [0.1, 0.15) is 0 Å². The number of fused-ring (bicyclic) bond motifs is 1. The summed E-state index contributed by atoms with van der Waals surface area (Å²) < 4.78 is 9.22. The zero-order valence-corrected chi connectivity index (χ0v) is 7.60. The van der Waals surface area contributed by atoms with E-state index in [1.165, 1.54) is 0 Å². The third-order valence-electron chi connectivity index (χ3n) is 1.50. The Hall–Kier alpha value is -0.600. The summed E-state index contributed by atoms with van der Waals surface area (Å²) in [5, 5.41) is 0. The van der Waals surface area contributed by atoms with E-state index in [9.17, 15) is 0 Å². The summed E-state index contributed by atoms with van der Waals surface area (Å²) in [5.41, 5.74) is 0. The van der Waals surface area contributed by atoms with Crippen molar-refractivity contribution in [2.45, 2.75) is 4.52 Å². The van der Waals surface area contributed by atoms with E-state index in [0.29, 0.717) is 11.5 Å². The van der Waals surface area contributed by atoms with Gasteiger partial charge in [0.2, 0.25) is 0 Å². The number of hydrogen-bond acceptors (Lipinski definition) is 2. The van der Waals surface area contributed by atoms with Crippen molar-refractivity contribution in [1.82, 2.24) is 0 Å². The monoisotopic (exact) mass is 204 g/mol. The Morgan fingerprint density at radius 3 is 2.58 bits per heavy atom. The van der Waals surface area contributed by atoms with Crippen molar-refractivity contribution in [3.8, 4) is 11.5 Å². The van der Waals surface area contributed by atoms with Gasteiger partial charge < -0.3 is 9.47 Å². The maximum absolute atomic E-state index is 5.72. The fourth-order valence-electron chi connectivity index (χ4n) is 1.01. The molecular formula is C8H6Cl2O2. The van der Waals surface area contributed by atoms with Gasteiger partial charge in [-0.1, -0.05) is 35.3 Å². The van der Waals surface area contributed by atoms with Gasteiger partial charge in [0.25, 0.3) is 4.52 Å². The second-order valence-electron chi connectivity index (χ2n) is 2.47. The third kappa shape index (κ3) is 1.45. The second kappa shape index (κ2) is 2.71. The van der Waals surface area contributed by atoms with Gasteiger partial charge in [-0.3, -0.25) is 0 Å². The van der Waals surface area contributed by atoms with Crippen LogP contribution in [-0.4, -0.2) is 11.1 Å². The summed E-state index contributed by atoms with van der Waals surface area (Å²) in [4.78, 5) is 0. The van der Waals surface area contributed by atoms with Crippen molar-refractivity contribution >= 4 is 23.2 Å². The molecule has 0 spiro atoms. The fourth-order valence-corrected chi connectivity index (χ4v) is 1.28. The van der Waals surface area contributed by atoms with E-state index in [4.69, 9.17) is 32.7 Å². The van der Waals surface area contributed by atoms with Gasteiger partial charge in [0.15, 0.2) is 18.1 Å². The zero-order chi connectivity index (χ0) is 8.60. The molecule has 1 aliphatic heterocycles. The first-order chi connectivity index (χ1) is 5.67. The van der Waals surface area contributed by atoms with E-state index in [2.05, 4.69) is 0 Å². The average molecular weight is 205 g/mol. The topological polar surface area (TPSA) is 18.5 Å². The van der Waals surface area contributed by atoms with Crippen LogP contribution >= 0.6 is 23.2 Å². The van der Waals surface area contributed by atoms with E-state index in [-0.39, 0.29) is 6.61 Å². The van der Waals surface area contributed by atoms with Crippen LogP contribution in [0.1, 0.15) is 0 Å². The van der Waals surface area contributed by atoms with E-state index in [0.717, 1.165) is 0 Å². The number of alkyl halides is 2. The van der Waals surface area contributed by atoms with Gasteiger partial charge in [-0.25, -0.2) is 0 Å². The maximum atomic E-state index is 5.72. The molecule has 2 rings (SSSR count). The van der Waals surface area contributed by atoms with Gasteiger partial charge in [-0.05, 0) is 12.1 Å². The predicted molar refractivity (Wildman–Crippen MR) is 47.0 cm³/mol. The molecule has 0 saturated heterocycles. The fraction of sp³-hybridized carbons (Fsp3) is 0.250. The van der Waals surface area contributed by atoms with E-state index in [1.54, 1.807) is 12.1 Å². The molecule has 1 aromatic rings. The highest BCUT2D eigenvalue weighted by Crippen LogP contribution is 2.38. The molecule has 1 heterocycles. The highest BCUT2D eigenvalue weighted by Gasteiger charge is 2.32. The minimum Gasteiger partial charge on any atom is -0.483 e. The summed E-state index contributed by atoms with van der Waals surface area (Å²) in [7, 11) is 0. The molecule has 0 unspecified atom stereocenters. The first-order valence-electron chi connectivity index (χ1n) is 3.46. The molecule has 2 nitrogen and oxygen atoms in total.